The Morgan fingerprint density at radius 3 is 0.538 bits per heavy atom. The van der Waals surface area contributed by atoms with Crippen LogP contribution >= 0.6 is 0 Å². The maximum atomic E-state index is 12.7. The van der Waals surface area contributed by atoms with E-state index in [4.69, 9.17) is 63.8 Å². The summed E-state index contributed by atoms with van der Waals surface area (Å²) in [6.07, 6.45) is -5.88. The number of carbonyl (C=O) groups excluding carboxylic acids is 6. The molecule has 0 unspecified atom stereocenters. The van der Waals surface area contributed by atoms with Gasteiger partial charge in [0.05, 0.1) is 24.0 Å². The standard InChI is InChI=1S/C40H58O25/c41-27(42)7-1-13-33(53)60-21-39(22-61-34(54)14-2-8-28(43)44,23-62-35(55)15-3-9-29(45)46)19-59-20-40(24-63-36(56)16-4-10-30(47)48,25-64-37(57)17-5-11-31(49)50)26-65-38(58)18-6-12-32(51)52/h1-26H2,(H,41,42)(H,43,44)(H,45,46)(H,47,48)(H,49,50)(H,51,52). The summed E-state index contributed by atoms with van der Waals surface area (Å²) < 4.78 is 38.3. The molecule has 0 aliphatic heterocycles. The molecule has 0 bridgehead atoms. The van der Waals surface area contributed by atoms with Crippen LogP contribution in [0.5, 0.6) is 0 Å². The van der Waals surface area contributed by atoms with Gasteiger partial charge in [0.1, 0.15) is 39.6 Å². The Morgan fingerprint density at radius 1 is 0.246 bits per heavy atom. The van der Waals surface area contributed by atoms with Crippen molar-refractivity contribution in [2.75, 3.05) is 52.9 Å². The van der Waals surface area contributed by atoms with Crippen molar-refractivity contribution in [2.24, 2.45) is 10.8 Å². The normalized spacial score (nSPS) is 11.1. The van der Waals surface area contributed by atoms with Gasteiger partial charge in [-0.15, -0.1) is 0 Å². The Morgan fingerprint density at radius 2 is 0.400 bits per heavy atom. The van der Waals surface area contributed by atoms with Gasteiger partial charge in [-0.1, -0.05) is 0 Å². The van der Waals surface area contributed by atoms with Crippen LogP contribution < -0.4 is 0 Å². The first-order valence-electron chi connectivity index (χ1n) is 20.4. The third-order valence-corrected chi connectivity index (χ3v) is 8.68. The molecule has 65 heavy (non-hydrogen) atoms. The SMILES string of the molecule is O=C(O)CCCC(=O)OCC(COCC(COC(=O)CCCC(=O)O)(COC(=O)CCCC(=O)O)COC(=O)CCCC(=O)O)(COC(=O)CCCC(=O)O)COC(=O)CCCC(=O)O. The van der Waals surface area contributed by atoms with Gasteiger partial charge in [-0.2, -0.15) is 0 Å². The largest absolute Gasteiger partial charge is 0.481 e. The van der Waals surface area contributed by atoms with Crippen molar-refractivity contribution in [1.82, 2.24) is 0 Å². The number of esters is 6. The van der Waals surface area contributed by atoms with Crippen molar-refractivity contribution in [1.29, 1.82) is 0 Å². The first-order chi connectivity index (χ1) is 30.6. The number of ether oxygens (including phenoxy) is 7. The summed E-state index contributed by atoms with van der Waals surface area (Å²) in [6, 6.07) is 0. The lowest BCUT2D eigenvalue weighted by atomic mass is 9.90. The van der Waals surface area contributed by atoms with E-state index >= 15 is 0 Å². The molecule has 0 rings (SSSR count). The first-order valence-corrected chi connectivity index (χ1v) is 20.4. The monoisotopic (exact) mass is 938 g/mol. The molecule has 0 fully saturated rings. The second-order valence-corrected chi connectivity index (χ2v) is 14.9. The summed E-state index contributed by atoms with van der Waals surface area (Å²) in [5, 5.41) is 53.9. The van der Waals surface area contributed by atoms with Crippen molar-refractivity contribution in [3.05, 3.63) is 0 Å². The predicted molar refractivity (Wildman–Crippen MR) is 210 cm³/mol. The van der Waals surface area contributed by atoms with Gasteiger partial charge in [0.15, 0.2) is 0 Å². The van der Waals surface area contributed by atoms with Crippen molar-refractivity contribution < 1.29 is 121 Å². The second kappa shape index (κ2) is 33.2. The van der Waals surface area contributed by atoms with Crippen molar-refractivity contribution in [2.45, 2.75) is 116 Å². The number of rotatable bonds is 40. The highest BCUT2D eigenvalue weighted by molar-refractivity contribution is 5.74. The van der Waals surface area contributed by atoms with Crippen LogP contribution in [0.25, 0.3) is 0 Å². The minimum absolute atomic E-state index is 0.156. The molecule has 6 N–H and O–H groups in total. The number of carboxylic acids is 6. The molecule has 0 amide bonds. The number of aliphatic carboxylic acids is 6. The zero-order valence-corrected chi connectivity index (χ0v) is 35.8. The number of hydrogen-bond donors (Lipinski definition) is 6. The molecular weight excluding hydrogens is 880 g/mol. The molecule has 0 spiro atoms. The maximum absolute atomic E-state index is 12.7. The van der Waals surface area contributed by atoms with Crippen LogP contribution in [0.4, 0.5) is 0 Å². The fraction of sp³-hybridized carbons (Fsp3) is 0.700. The molecule has 0 aliphatic carbocycles. The van der Waals surface area contributed by atoms with E-state index < -0.39 is 212 Å². The summed E-state index contributed by atoms with van der Waals surface area (Å²) in [5.74, 6) is -13.0. The lowest BCUT2D eigenvalue weighted by molar-refractivity contribution is -0.175. The highest BCUT2D eigenvalue weighted by Crippen LogP contribution is 2.27. The molecule has 25 heteroatoms. The second-order valence-electron chi connectivity index (χ2n) is 14.9. The summed E-state index contributed by atoms with van der Waals surface area (Å²) >= 11 is 0. The Kier molecular flexibility index (Phi) is 29.9. The highest BCUT2D eigenvalue weighted by Gasteiger charge is 2.41. The molecule has 25 nitrogen and oxygen atoms in total. The van der Waals surface area contributed by atoms with E-state index in [0.717, 1.165) is 0 Å². The molecule has 0 aliphatic rings. The van der Waals surface area contributed by atoms with Crippen molar-refractivity contribution in [3.63, 3.8) is 0 Å². The summed E-state index contributed by atoms with van der Waals surface area (Å²) in [7, 11) is 0. The van der Waals surface area contributed by atoms with E-state index in [9.17, 15) is 57.5 Å². The molecule has 0 radical (unpaired) electrons. The Labute approximate surface area is 371 Å². The van der Waals surface area contributed by atoms with Gasteiger partial charge in [-0.3, -0.25) is 57.5 Å². The predicted octanol–water partition coefficient (Wildman–Crippen LogP) is 1.76. The van der Waals surface area contributed by atoms with E-state index in [0.29, 0.717) is 0 Å². The lowest BCUT2D eigenvalue weighted by Gasteiger charge is -2.35. The Hall–Kier alpha value is -6.40. The Bertz CT molecular complexity index is 1330. The van der Waals surface area contributed by atoms with Crippen LogP contribution in [0.3, 0.4) is 0 Å². The van der Waals surface area contributed by atoms with Crippen molar-refractivity contribution >= 4 is 71.6 Å². The fourth-order valence-electron chi connectivity index (χ4n) is 5.12. The minimum Gasteiger partial charge on any atom is -0.481 e. The van der Waals surface area contributed by atoms with Gasteiger partial charge in [0.25, 0.3) is 0 Å². The Balaban J connectivity index is 7.01. The van der Waals surface area contributed by atoms with E-state index in [1.165, 1.54) is 0 Å². The van der Waals surface area contributed by atoms with Gasteiger partial charge in [0.2, 0.25) is 0 Å². The van der Waals surface area contributed by atoms with Gasteiger partial charge < -0.3 is 63.8 Å². The zero-order chi connectivity index (χ0) is 49.3. The zero-order valence-electron chi connectivity index (χ0n) is 35.8. The topological polar surface area (TPSA) is 391 Å². The number of carboxylic acid groups (broad SMARTS) is 6. The molecule has 0 aromatic rings. The van der Waals surface area contributed by atoms with Crippen LogP contribution in [0.15, 0.2) is 0 Å². The molecule has 0 saturated heterocycles. The number of carbonyl (C=O) groups is 12. The fourth-order valence-corrected chi connectivity index (χ4v) is 5.12. The molecule has 0 heterocycles. The van der Waals surface area contributed by atoms with Gasteiger partial charge in [0, 0.05) is 77.0 Å². The average molecular weight is 939 g/mol. The smallest absolute Gasteiger partial charge is 0.305 e. The molecule has 368 valence electrons. The summed E-state index contributed by atoms with van der Waals surface area (Å²) in [5.41, 5.74) is -3.73. The summed E-state index contributed by atoms with van der Waals surface area (Å²) in [6.45, 7) is -6.09. The maximum Gasteiger partial charge on any atom is 0.305 e. The minimum atomic E-state index is -1.87. The van der Waals surface area contributed by atoms with E-state index in [-0.39, 0.29) is 38.5 Å². The summed E-state index contributed by atoms with van der Waals surface area (Å²) in [4.78, 5) is 143. The molecular formula is C40H58O25. The van der Waals surface area contributed by atoms with Crippen LogP contribution in [0.1, 0.15) is 116 Å². The van der Waals surface area contributed by atoms with E-state index in [2.05, 4.69) is 0 Å². The van der Waals surface area contributed by atoms with Crippen LogP contribution in [0.2, 0.25) is 0 Å². The van der Waals surface area contributed by atoms with Crippen LogP contribution in [-0.2, 0) is 90.7 Å². The van der Waals surface area contributed by atoms with Crippen LogP contribution in [-0.4, -0.2) is 155 Å². The molecule has 0 aromatic carbocycles. The lowest BCUT2D eigenvalue weighted by Crippen LogP contribution is -2.47. The third-order valence-electron chi connectivity index (χ3n) is 8.68. The molecule has 0 aromatic heterocycles. The van der Waals surface area contributed by atoms with Crippen LogP contribution in [0, 0.1) is 10.8 Å². The van der Waals surface area contributed by atoms with Crippen molar-refractivity contribution in [3.8, 4) is 0 Å². The highest BCUT2D eigenvalue weighted by atomic mass is 16.6. The van der Waals surface area contributed by atoms with Gasteiger partial charge >= 0.3 is 71.6 Å². The molecule has 0 saturated carbocycles. The third kappa shape index (κ3) is 32.9. The average Bonchev–Trinajstić information content (AvgIpc) is 3.20. The van der Waals surface area contributed by atoms with Gasteiger partial charge in [-0.25, -0.2) is 0 Å². The number of hydrogen-bond acceptors (Lipinski definition) is 19. The van der Waals surface area contributed by atoms with Gasteiger partial charge in [-0.05, 0) is 38.5 Å². The first kappa shape index (κ1) is 58.6. The van der Waals surface area contributed by atoms with E-state index in [1.54, 1.807) is 0 Å². The quantitative estimate of drug-likeness (QED) is 0.0376. The molecule has 0 atom stereocenters. The van der Waals surface area contributed by atoms with E-state index in [1.807, 2.05) is 0 Å².